The van der Waals surface area contributed by atoms with Crippen molar-refractivity contribution < 1.29 is 4.74 Å². The Hall–Kier alpha value is -1.09. The second-order valence-electron chi connectivity index (χ2n) is 3.42. The first-order valence-electron chi connectivity index (χ1n) is 4.58. The summed E-state index contributed by atoms with van der Waals surface area (Å²) in [6.45, 7) is 0. The van der Waals surface area contributed by atoms with Crippen LogP contribution in [0.4, 0.5) is 5.69 Å². The Morgan fingerprint density at radius 1 is 1.62 bits per heavy atom. The highest BCUT2D eigenvalue weighted by atomic mass is 16.5. The second-order valence-corrected chi connectivity index (χ2v) is 3.42. The Balaban J connectivity index is 2.41. The van der Waals surface area contributed by atoms with Crippen LogP contribution in [-0.2, 0) is 11.2 Å². The van der Waals surface area contributed by atoms with Crippen molar-refractivity contribution in [2.75, 3.05) is 12.8 Å². The minimum absolute atomic E-state index is 0.194. The number of hydrogen-bond donors (Lipinski definition) is 1. The van der Waals surface area contributed by atoms with E-state index >= 15 is 0 Å². The lowest BCUT2D eigenvalue weighted by Gasteiger charge is -2.23. The molecule has 0 amide bonds. The van der Waals surface area contributed by atoms with Crippen molar-refractivity contribution in [2.24, 2.45) is 0 Å². The third kappa shape index (κ3) is 1.52. The maximum absolute atomic E-state index is 5.68. The number of pyridine rings is 1. The van der Waals surface area contributed by atoms with Gasteiger partial charge in [0.1, 0.15) is 0 Å². The second kappa shape index (κ2) is 3.34. The van der Waals surface area contributed by atoms with E-state index in [2.05, 4.69) is 4.98 Å². The van der Waals surface area contributed by atoms with Crippen molar-refractivity contribution in [2.45, 2.75) is 25.4 Å². The fourth-order valence-electron chi connectivity index (χ4n) is 1.87. The van der Waals surface area contributed by atoms with Crippen LogP contribution in [0.25, 0.3) is 0 Å². The van der Waals surface area contributed by atoms with Gasteiger partial charge >= 0.3 is 0 Å². The van der Waals surface area contributed by atoms with Crippen molar-refractivity contribution in [3.63, 3.8) is 0 Å². The van der Waals surface area contributed by atoms with Gasteiger partial charge in [-0.15, -0.1) is 0 Å². The molecule has 1 unspecified atom stereocenters. The van der Waals surface area contributed by atoms with Gasteiger partial charge in [0, 0.05) is 18.4 Å². The summed E-state index contributed by atoms with van der Waals surface area (Å²) in [7, 11) is 1.74. The van der Waals surface area contributed by atoms with Gasteiger partial charge in [-0.2, -0.15) is 0 Å². The number of nitrogens with two attached hydrogens (primary N) is 1. The molecule has 13 heavy (non-hydrogen) atoms. The van der Waals surface area contributed by atoms with Crippen molar-refractivity contribution in [1.29, 1.82) is 0 Å². The Bertz CT molecular complexity index is 312. The first-order valence-corrected chi connectivity index (χ1v) is 4.58. The minimum atomic E-state index is 0.194. The molecule has 0 radical (unpaired) electrons. The van der Waals surface area contributed by atoms with Crippen molar-refractivity contribution in [3.05, 3.63) is 23.5 Å². The van der Waals surface area contributed by atoms with E-state index in [9.17, 15) is 0 Å². The molecule has 1 atom stereocenters. The Morgan fingerprint density at radius 2 is 2.46 bits per heavy atom. The summed E-state index contributed by atoms with van der Waals surface area (Å²) in [4.78, 5) is 4.31. The zero-order valence-corrected chi connectivity index (χ0v) is 7.79. The van der Waals surface area contributed by atoms with Gasteiger partial charge in [-0.05, 0) is 25.3 Å². The maximum Gasteiger partial charge on any atom is 0.0839 e. The normalized spacial score (nSPS) is 21.2. The smallest absolute Gasteiger partial charge is 0.0839 e. The quantitative estimate of drug-likeness (QED) is 0.711. The molecule has 2 N–H and O–H groups in total. The molecule has 3 heteroatoms. The highest BCUT2D eigenvalue weighted by molar-refractivity contribution is 5.41. The highest BCUT2D eigenvalue weighted by Crippen LogP contribution is 2.31. The molecule has 0 saturated heterocycles. The van der Waals surface area contributed by atoms with E-state index in [0.29, 0.717) is 0 Å². The van der Waals surface area contributed by atoms with Gasteiger partial charge in [-0.3, -0.25) is 4.98 Å². The van der Waals surface area contributed by atoms with Crippen LogP contribution in [0.15, 0.2) is 12.3 Å². The third-order valence-corrected chi connectivity index (χ3v) is 2.54. The van der Waals surface area contributed by atoms with Gasteiger partial charge in [-0.25, -0.2) is 0 Å². The van der Waals surface area contributed by atoms with E-state index in [1.165, 1.54) is 5.56 Å². The van der Waals surface area contributed by atoms with Crippen LogP contribution in [-0.4, -0.2) is 12.1 Å². The number of aryl methyl sites for hydroxylation is 1. The van der Waals surface area contributed by atoms with Crippen LogP contribution in [0, 0.1) is 0 Å². The fraction of sp³-hybridized carbons (Fsp3) is 0.500. The van der Waals surface area contributed by atoms with Crippen LogP contribution < -0.4 is 5.73 Å². The number of anilines is 1. The Morgan fingerprint density at radius 3 is 3.23 bits per heavy atom. The number of ether oxygens (including phenoxy) is 1. The molecule has 70 valence electrons. The summed E-state index contributed by atoms with van der Waals surface area (Å²) in [6.07, 6.45) is 5.20. The lowest BCUT2D eigenvalue weighted by molar-refractivity contribution is 0.0874. The van der Waals surface area contributed by atoms with Crippen LogP contribution in [0.3, 0.4) is 0 Å². The van der Waals surface area contributed by atoms with E-state index in [4.69, 9.17) is 10.5 Å². The summed E-state index contributed by atoms with van der Waals surface area (Å²) in [5.74, 6) is 0. The molecule has 0 aliphatic heterocycles. The predicted octanol–water partition coefficient (Wildman–Crippen LogP) is 1.69. The van der Waals surface area contributed by atoms with Crippen LogP contribution >= 0.6 is 0 Å². The molecule has 3 nitrogen and oxygen atoms in total. The van der Waals surface area contributed by atoms with Gasteiger partial charge in [0.05, 0.1) is 18.0 Å². The van der Waals surface area contributed by atoms with Gasteiger partial charge in [-0.1, -0.05) is 0 Å². The van der Waals surface area contributed by atoms with Gasteiger partial charge in [0.2, 0.25) is 0 Å². The topological polar surface area (TPSA) is 48.1 Å². The molecule has 0 spiro atoms. The fourth-order valence-corrected chi connectivity index (χ4v) is 1.87. The predicted molar refractivity (Wildman–Crippen MR) is 51.3 cm³/mol. The summed E-state index contributed by atoms with van der Waals surface area (Å²) in [5, 5.41) is 0. The summed E-state index contributed by atoms with van der Waals surface area (Å²) < 4.78 is 5.38. The molecule has 1 aliphatic rings. The molecule has 1 aromatic heterocycles. The van der Waals surface area contributed by atoms with Crippen molar-refractivity contribution in [3.8, 4) is 0 Å². The zero-order chi connectivity index (χ0) is 9.26. The number of nitrogens with zero attached hydrogens (tertiary/aromatic N) is 1. The SMILES string of the molecule is COC1CCCc2ncc(N)cc21. The first-order chi connectivity index (χ1) is 6.31. The summed E-state index contributed by atoms with van der Waals surface area (Å²) >= 11 is 0. The summed E-state index contributed by atoms with van der Waals surface area (Å²) in [5.41, 5.74) is 8.73. The van der Waals surface area contributed by atoms with Crippen molar-refractivity contribution >= 4 is 5.69 Å². The van der Waals surface area contributed by atoms with Crippen LogP contribution in [0.5, 0.6) is 0 Å². The van der Waals surface area contributed by atoms with Gasteiger partial charge in [0.25, 0.3) is 0 Å². The van der Waals surface area contributed by atoms with E-state index in [0.717, 1.165) is 30.6 Å². The van der Waals surface area contributed by atoms with Crippen LogP contribution in [0.2, 0.25) is 0 Å². The first kappa shape index (κ1) is 8.51. The average molecular weight is 178 g/mol. The number of hydrogen-bond acceptors (Lipinski definition) is 3. The molecule has 0 saturated carbocycles. The third-order valence-electron chi connectivity index (χ3n) is 2.54. The number of fused-ring (bicyclic) bond motifs is 1. The molecule has 1 aliphatic carbocycles. The molecular weight excluding hydrogens is 164 g/mol. The van der Waals surface area contributed by atoms with E-state index in [-0.39, 0.29) is 6.10 Å². The number of rotatable bonds is 1. The highest BCUT2D eigenvalue weighted by Gasteiger charge is 2.20. The molecule has 1 aromatic rings. The van der Waals surface area contributed by atoms with Crippen LogP contribution in [0.1, 0.15) is 30.2 Å². The standard InChI is InChI=1S/C10H14N2O/c1-13-10-4-2-3-9-8(10)5-7(11)6-12-9/h5-6,10H,2-4,11H2,1H3. The Labute approximate surface area is 77.9 Å². The molecule has 1 heterocycles. The molecule has 0 bridgehead atoms. The largest absolute Gasteiger partial charge is 0.397 e. The molecule has 0 fully saturated rings. The average Bonchev–Trinajstić information content (AvgIpc) is 2.17. The molecule has 2 rings (SSSR count). The zero-order valence-electron chi connectivity index (χ0n) is 7.79. The number of nitrogen functional groups attached to an aromatic ring is 1. The lowest BCUT2D eigenvalue weighted by atomic mass is 9.93. The lowest BCUT2D eigenvalue weighted by Crippen LogP contribution is -2.13. The maximum atomic E-state index is 5.68. The minimum Gasteiger partial charge on any atom is -0.397 e. The van der Waals surface area contributed by atoms with E-state index in [1.807, 2.05) is 6.07 Å². The monoisotopic (exact) mass is 178 g/mol. The molecular formula is C10H14N2O. The number of aromatic nitrogens is 1. The van der Waals surface area contributed by atoms with E-state index in [1.54, 1.807) is 13.3 Å². The number of methoxy groups -OCH3 is 1. The Kier molecular flexibility index (Phi) is 2.19. The van der Waals surface area contributed by atoms with Gasteiger partial charge < -0.3 is 10.5 Å². The van der Waals surface area contributed by atoms with Crippen molar-refractivity contribution in [1.82, 2.24) is 4.98 Å². The summed E-state index contributed by atoms with van der Waals surface area (Å²) in [6, 6.07) is 1.98. The molecule has 0 aromatic carbocycles. The van der Waals surface area contributed by atoms with Gasteiger partial charge in [0.15, 0.2) is 0 Å². The van der Waals surface area contributed by atoms with E-state index < -0.39 is 0 Å².